The Labute approximate surface area is 179 Å². The van der Waals surface area contributed by atoms with Crippen LogP contribution in [0.2, 0.25) is 0 Å². The highest BCUT2D eigenvalue weighted by atomic mass is 19.4. The van der Waals surface area contributed by atoms with Crippen LogP contribution >= 0.6 is 0 Å². The van der Waals surface area contributed by atoms with Crippen molar-refractivity contribution in [2.45, 2.75) is 19.6 Å². The molecule has 7 nitrogen and oxygen atoms in total. The van der Waals surface area contributed by atoms with Crippen molar-refractivity contribution in [3.05, 3.63) is 53.2 Å². The number of halogens is 3. The topological polar surface area (TPSA) is 77.0 Å². The van der Waals surface area contributed by atoms with Crippen LogP contribution < -0.4 is 20.1 Å². The Bertz CT molecular complexity index is 860. The summed E-state index contributed by atoms with van der Waals surface area (Å²) in [6, 6.07) is 8.04. The zero-order valence-electron chi connectivity index (χ0n) is 17.8. The molecule has 31 heavy (non-hydrogen) atoms. The number of methoxy groups -OCH3 is 1. The fourth-order valence-electron chi connectivity index (χ4n) is 2.62. The molecule has 10 heteroatoms. The standard InChI is InChI=1S/C21H27F3N4O3/c1-15-6-7-16(18(13-15)30-12-11-29-3)14-28-20(25-2)27-9-10-31-19-17(21(22,23)24)5-4-8-26-19/h4-8,13H,9-12,14H2,1-3H3,(H2,25,27,28). The Kier molecular flexibility index (Phi) is 9.39. The van der Waals surface area contributed by atoms with Gasteiger partial charge in [-0.1, -0.05) is 12.1 Å². The van der Waals surface area contributed by atoms with Gasteiger partial charge in [0.2, 0.25) is 5.88 Å². The highest BCUT2D eigenvalue weighted by Crippen LogP contribution is 2.34. The molecule has 2 rings (SSSR count). The van der Waals surface area contributed by atoms with E-state index in [1.54, 1.807) is 14.2 Å². The van der Waals surface area contributed by atoms with E-state index in [9.17, 15) is 13.2 Å². The molecule has 0 fully saturated rings. The molecule has 0 amide bonds. The van der Waals surface area contributed by atoms with Crippen LogP contribution in [-0.4, -0.2) is 51.5 Å². The predicted octanol–water partition coefficient (Wildman–Crippen LogP) is 3.18. The minimum absolute atomic E-state index is 0.0172. The lowest BCUT2D eigenvalue weighted by Crippen LogP contribution is -2.39. The van der Waals surface area contributed by atoms with Crippen molar-refractivity contribution in [2.75, 3.05) is 40.5 Å². The zero-order chi connectivity index (χ0) is 22.7. The molecule has 0 bridgehead atoms. The van der Waals surface area contributed by atoms with Gasteiger partial charge in [0.05, 0.1) is 13.2 Å². The van der Waals surface area contributed by atoms with Gasteiger partial charge < -0.3 is 24.8 Å². The van der Waals surface area contributed by atoms with Crippen LogP contribution in [0.15, 0.2) is 41.5 Å². The van der Waals surface area contributed by atoms with Gasteiger partial charge in [0.25, 0.3) is 0 Å². The lowest BCUT2D eigenvalue weighted by atomic mass is 10.1. The van der Waals surface area contributed by atoms with E-state index in [2.05, 4.69) is 20.6 Å². The first-order valence-corrected chi connectivity index (χ1v) is 9.66. The number of rotatable bonds is 10. The SMILES string of the molecule is CN=C(NCCOc1ncccc1C(F)(F)F)NCc1ccc(C)cc1OCCOC. The van der Waals surface area contributed by atoms with E-state index in [-0.39, 0.29) is 13.2 Å². The van der Waals surface area contributed by atoms with Crippen molar-refractivity contribution in [2.24, 2.45) is 4.99 Å². The Morgan fingerprint density at radius 3 is 2.61 bits per heavy atom. The Morgan fingerprint density at radius 1 is 1.10 bits per heavy atom. The van der Waals surface area contributed by atoms with Crippen LogP contribution in [0, 0.1) is 6.92 Å². The van der Waals surface area contributed by atoms with Crippen LogP contribution in [-0.2, 0) is 17.5 Å². The number of pyridine rings is 1. The monoisotopic (exact) mass is 440 g/mol. The Hall–Kier alpha value is -3.01. The van der Waals surface area contributed by atoms with Crippen molar-refractivity contribution in [1.82, 2.24) is 15.6 Å². The summed E-state index contributed by atoms with van der Waals surface area (Å²) in [4.78, 5) is 7.78. The maximum atomic E-state index is 13.0. The highest BCUT2D eigenvalue weighted by molar-refractivity contribution is 5.79. The summed E-state index contributed by atoms with van der Waals surface area (Å²) in [5.41, 5.74) is 1.10. The number of ether oxygens (including phenoxy) is 3. The summed E-state index contributed by atoms with van der Waals surface area (Å²) in [6.45, 7) is 3.56. The smallest absolute Gasteiger partial charge is 0.421 e. The van der Waals surface area contributed by atoms with Crippen LogP contribution in [0.1, 0.15) is 16.7 Å². The fourth-order valence-corrected chi connectivity index (χ4v) is 2.62. The van der Waals surface area contributed by atoms with Crippen LogP contribution in [0.5, 0.6) is 11.6 Å². The van der Waals surface area contributed by atoms with E-state index in [1.165, 1.54) is 12.3 Å². The van der Waals surface area contributed by atoms with E-state index in [0.29, 0.717) is 25.7 Å². The number of guanidine groups is 1. The molecule has 1 aromatic carbocycles. The molecule has 2 aromatic rings. The third kappa shape index (κ3) is 7.97. The van der Waals surface area contributed by atoms with Gasteiger partial charge in [-0.3, -0.25) is 4.99 Å². The Balaban J connectivity index is 1.85. The van der Waals surface area contributed by atoms with Crippen molar-refractivity contribution in [3.63, 3.8) is 0 Å². The van der Waals surface area contributed by atoms with Gasteiger partial charge in [0, 0.05) is 32.5 Å². The quantitative estimate of drug-likeness (QED) is 0.336. The summed E-state index contributed by atoms with van der Waals surface area (Å²) in [6.07, 6.45) is -3.27. The van der Waals surface area contributed by atoms with Gasteiger partial charge in [-0.05, 0) is 30.7 Å². The van der Waals surface area contributed by atoms with E-state index >= 15 is 0 Å². The second-order valence-electron chi connectivity index (χ2n) is 6.51. The molecule has 1 heterocycles. The fraction of sp³-hybridized carbons (Fsp3) is 0.429. The average molecular weight is 440 g/mol. The number of aromatic nitrogens is 1. The molecule has 0 saturated heterocycles. The first-order valence-electron chi connectivity index (χ1n) is 9.66. The Morgan fingerprint density at radius 2 is 1.90 bits per heavy atom. The molecular formula is C21H27F3N4O3. The normalized spacial score (nSPS) is 11.9. The summed E-state index contributed by atoms with van der Waals surface area (Å²) >= 11 is 0. The largest absolute Gasteiger partial charge is 0.491 e. The summed E-state index contributed by atoms with van der Waals surface area (Å²) in [5, 5.41) is 6.14. The summed E-state index contributed by atoms with van der Waals surface area (Å²) < 4.78 is 54.9. The number of nitrogens with one attached hydrogen (secondary N) is 2. The molecule has 0 aliphatic carbocycles. The number of hydrogen-bond donors (Lipinski definition) is 2. The van der Waals surface area contributed by atoms with Crippen molar-refractivity contribution in [1.29, 1.82) is 0 Å². The maximum Gasteiger partial charge on any atom is 0.421 e. The lowest BCUT2D eigenvalue weighted by molar-refractivity contribution is -0.139. The molecular weight excluding hydrogens is 413 g/mol. The van der Waals surface area contributed by atoms with E-state index in [0.717, 1.165) is 22.9 Å². The third-order valence-corrected chi connectivity index (χ3v) is 4.15. The molecule has 0 spiro atoms. The molecule has 170 valence electrons. The van der Waals surface area contributed by atoms with Gasteiger partial charge in [-0.15, -0.1) is 0 Å². The van der Waals surface area contributed by atoms with E-state index < -0.39 is 17.6 Å². The number of nitrogens with zero attached hydrogens (tertiary/aromatic N) is 2. The summed E-state index contributed by atoms with van der Waals surface area (Å²) in [5.74, 6) is 0.777. The first-order chi connectivity index (χ1) is 14.8. The van der Waals surface area contributed by atoms with Gasteiger partial charge in [-0.25, -0.2) is 4.98 Å². The molecule has 0 aliphatic heterocycles. The summed E-state index contributed by atoms with van der Waals surface area (Å²) in [7, 11) is 3.21. The van der Waals surface area contributed by atoms with Crippen LogP contribution in [0.3, 0.4) is 0 Å². The first kappa shape index (κ1) is 24.3. The van der Waals surface area contributed by atoms with Crippen LogP contribution in [0.4, 0.5) is 13.2 Å². The van der Waals surface area contributed by atoms with Crippen LogP contribution in [0.25, 0.3) is 0 Å². The minimum atomic E-state index is -4.52. The highest BCUT2D eigenvalue weighted by Gasteiger charge is 2.34. The molecule has 1 aromatic heterocycles. The van der Waals surface area contributed by atoms with E-state index in [1.807, 2.05) is 25.1 Å². The second-order valence-corrected chi connectivity index (χ2v) is 6.51. The van der Waals surface area contributed by atoms with E-state index in [4.69, 9.17) is 14.2 Å². The molecule has 0 aliphatic rings. The van der Waals surface area contributed by atoms with Gasteiger partial charge in [0.15, 0.2) is 5.96 Å². The number of benzene rings is 1. The number of aryl methyl sites for hydroxylation is 1. The number of aliphatic imine (C=N–C) groups is 1. The number of hydrogen-bond acceptors (Lipinski definition) is 5. The number of alkyl halides is 3. The lowest BCUT2D eigenvalue weighted by Gasteiger charge is -2.16. The van der Waals surface area contributed by atoms with Gasteiger partial charge in [0.1, 0.15) is 24.5 Å². The second kappa shape index (κ2) is 12.0. The average Bonchev–Trinajstić information content (AvgIpc) is 2.74. The maximum absolute atomic E-state index is 13.0. The van der Waals surface area contributed by atoms with Gasteiger partial charge >= 0.3 is 6.18 Å². The predicted molar refractivity (Wildman–Crippen MR) is 111 cm³/mol. The molecule has 0 saturated carbocycles. The molecule has 2 N–H and O–H groups in total. The molecule has 0 atom stereocenters. The third-order valence-electron chi connectivity index (χ3n) is 4.15. The van der Waals surface area contributed by atoms with Gasteiger partial charge in [-0.2, -0.15) is 13.2 Å². The van der Waals surface area contributed by atoms with Crippen molar-refractivity contribution in [3.8, 4) is 11.6 Å². The minimum Gasteiger partial charge on any atom is -0.491 e. The van der Waals surface area contributed by atoms with Crippen molar-refractivity contribution >= 4 is 5.96 Å². The molecule has 0 radical (unpaired) electrons. The zero-order valence-corrected chi connectivity index (χ0v) is 17.8. The molecule has 0 unspecified atom stereocenters. The van der Waals surface area contributed by atoms with Crippen molar-refractivity contribution < 1.29 is 27.4 Å².